The third-order valence-corrected chi connectivity index (χ3v) is 7.33. The molecule has 0 radical (unpaired) electrons. The maximum atomic E-state index is 13.0. The van der Waals surface area contributed by atoms with Crippen LogP contribution >= 0.6 is 34.7 Å². The molecular weight excluding hydrogens is 444 g/mol. The monoisotopic (exact) mass is 466 g/mol. The standard InChI is InChI=1S/C20H23ClN4O3S2/c1-2-29-20-23-10-13(21)16(24-20)18(27)25-19-15(12-6-3-7-14(12)30-19)17(26)22-9-11-5-4-8-28-11/h10-11H,2-9H2,1H3,(H,22,26)(H,25,27)/t11-/m0/s1. The third kappa shape index (κ3) is 4.64. The number of ether oxygens (including phenoxy) is 1. The number of hydrogen-bond acceptors (Lipinski definition) is 7. The Morgan fingerprint density at radius 3 is 2.97 bits per heavy atom. The number of amides is 2. The van der Waals surface area contributed by atoms with Gasteiger partial charge in [0.2, 0.25) is 0 Å². The van der Waals surface area contributed by atoms with Gasteiger partial charge in [-0.1, -0.05) is 30.3 Å². The molecule has 2 amide bonds. The second kappa shape index (κ2) is 9.64. The van der Waals surface area contributed by atoms with Crippen LogP contribution < -0.4 is 10.6 Å². The van der Waals surface area contributed by atoms with Crippen LogP contribution in [-0.2, 0) is 17.6 Å². The van der Waals surface area contributed by atoms with Crippen LogP contribution in [0.2, 0.25) is 5.02 Å². The molecule has 4 rings (SSSR count). The summed E-state index contributed by atoms with van der Waals surface area (Å²) in [5, 5.41) is 7.09. The van der Waals surface area contributed by atoms with E-state index in [-0.39, 0.29) is 22.7 Å². The Bertz CT molecular complexity index is 960. The van der Waals surface area contributed by atoms with E-state index in [2.05, 4.69) is 20.6 Å². The predicted octanol–water partition coefficient (Wildman–Crippen LogP) is 3.95. The van der Waals surface area contributed by atoms with Crippen molar-refractivity contribution in [1.82, 2.24) is 15.3 Å². The van der Waals surface area contributed by atoms with Gasteiger partial charge in [-0.3, -0.25) is 9.59 Å². The highest BCUT2D eigenvalue weighted by Gasteiger charge is 2.29. The molecule has 7 nitrogen and oxygen atoms in total. The van der Waals surface area contributed by atoms with Crippen molar-refractivity contribution in [2.45, 2.75) is 50.3 Å². The average Bonchev–Trinajstić information content (AvgIpc) is 3.45. The molecule has 0 aromatic carbocycles. The predicted molar refractivity (Wildman–Crippen MR) is 119 cm³/mol. The number of aryl methyl sites for hydroxylation is 1. The van der Waals surface area contributed by atoms with Crippen molar-refractivity contribution in [3.63, 3.8) is 0 Å². The van der Waals surface area contributed by atoms with Gasteiger partial charge in [0.25, 0.3) is 11.8 Å². The number of nitrogens with one attached hydrogen (secondary N) is 2. The molecule has 1 aliphatic carbocycles. The largest absolute Gasteiger partial charge is 0.376 e. The van der Waals surface area contributed by atoms with Crippen molar-refractivity contribution in [2.24, 2.45) is 0 Å². The number of nitrogens with zero attached hydrogens (tertiary/aromatic N) is 2. The van der Waals surface area contributed by atoms with Gasteiger partial charge in [0.05, 0.1) is 22.9 Å². The maximum Gasteiger partial charge on any atom is 0.276 e. The number of aromatic nitrogens is 2. The Labute approximate surface area is 188 Å². The Morgan fingerprint density at radius 1 is 1.33 bits per heavy atom. The molecule has 160 valence electrons. The maximum absolute atomic E-state index is 13.0. The van der Waals surface area contributed by atoms with E-state index in [1.54, 1.807) is 0 Å². The van der Waals surface area contributed by atoms with E-state index in [9.17, 15) is 9.59 Å². The van der Waals surface area contributed by atoms with Crippen LogP contribution in [0, 0.1) is 0 Å². The Hall–Kier alpha value is -1.68. The molecule has 2 aromatic heterocycles. The molecule has 1 atom stereocenters. The summed E-state index contributed by atoms with van der Waals surface area (Å²) in [5.41, 5.74) is 1.71. The smallest absolute Gasteiger partial charge is 0.276 e. The molecule has 1 saturated heterocycles. The van der Waals surface area contributed by atoms with E-state index in [0.717, 1.165) is 54.9 Å². The van der Waals surface area contributed by atoms with Crippen molar-refractivity contribution < 1.29 is 14.3 Å². The highest BCUT2D eigenvalue weighted by atomic mass is 35.5. The summed E-state index contributed by atoms with van der Waals surface area (Å²) >= 11 is 9.07. The molecule has 30 heavy (non-hydrogen) atoms. The molecule has 3 heterocycles. The van der Waals surface area contributed by atoms with Gasteiger partial charge < -0.3 is 15.4 Å². The van der Waals surface area contributed by atoms with Crippen molar-refractivity contribution in [2.75, 3.05) is 24.2 Å². The number of carbonyl (C=O) groups excluding carboxylic acids is 2. The molecule has 0 unspecified atom stereocenters. The summed E-state index contributed by atoms with van der Waals surface area (Å²) in [4.78, 5) is 35.5. The number of carbonyl (C=O) groups is 2. The van der Waals surface area contributed by atoms with Gasteiger partial charge in [0.1, 0.15) is 5.00 Å². The van der Waals surface area contributed by atoms with Crippen molar-refractivity contribution in [1.29, 1.82) is 0 Å². The fraction of sp³-hybridized carbons (Fsp3) is 0.500. The van der Waals surface area contributed by atoms with Gasteiger partial charge in [-0.15, -0.1) is 11.3 Å². The molecule has 2 aromatic rings. The van der Waals surface area contributed by atoms with E-state index in [1.807, 2.05) is 6.92 Å². The number of hydrogen-bond donors (Lipinski definition) is 2. The fourth-order valence-electron chi connectivity index (χ4n) is 3.70. The molecule has 0 saturated carbocycles. The van der Waals surface area contributed by atoms with Crippen molar-refractivity contribution in [3.05, 3.63) is 32.9 Å². The molecule has 2 N–H and O–H groups in total. The van der Waals surface area contributed by atoms with E-state index in [0.29, 0.717) is 22.3 Å². The first-order valence-electron chi connectivity index (χ1n) is 10.1. The van der Waals surface area contributed by atoms with Crippen LogP contribution in [0.3, 0.4) is 0 Å². The summed E-state index contributed by atoms with van der Waals surface area (Å²) in [6.07, 6.45) is 6.27. The van der Waals surface area contributed by atoms with E-state index < -0.39 is 5.91 Å². The highest BCUT2D eigenvalue weighted by Crippen LogP contribution is 2.39. The van der Waals surface area contributed by atoms with Crippen LogP contribution in [0.25, 0.3) is 0 Å². The average molecular weight is 467 g/mol. The second-order valence-corrected chi connectivity index (χ2v) is 9.89. The van der Waals surface area contributed by atoms with Crippen LogP contribution in [0.1, 0.15) is 57.5 Å². The number of halogens is 1. The molecule has 2 aliphatic rings. The van der Waals surface area contributed by atoms with Crippen LogP contribution in [0.5, 0.6) is 0 Å². The minimum Gasteiger partial charge on any atom is -0.376 e. The Balaban J connectivity index is 1.55. The first-order valence-corrected chi connectivity index (χ1v) is 12.3. The first-order chi connectivity index (χ1) is 14.6. The summed E-state index contributed by atoms with van der Waals surface area (Å²) in [6.45, 7) is 3.21. The lowest BCUT2D eigenvalue weighted by Gasteiger charge is -2.13. The molecule has 0 bridgehead atoms. The van der Waals surface area contributed by atoms with Gasteiger partial charge in [-0.05, 0) is 43.4 Å². The summed E-state index contributed by atoms with van der Waals surface area (Å²) in [7, 11) is 0. The SMILES string of the molecule is CCSc1ncc(Cl)c(C(=O)Nc2sc3c(c2C(=O)NC[C@@H]2CCCO2)CCC3)n1. The molecular formula is C20H23ClN4O3S2. The fourth-order valence-corrected chi connectivity index (χ4v) is 5.70. The van der Waals surface area contributed by atoms with Gasteiger partial charge in [-0.25, -0.2) is 9.97 Å². The number of anilines is 1. The normalized spacial score (nSPS) is 17.7. The second-order valence-electron chi connectivity index (χ2n) is 7.14. The lowest BCUT2D eigenvalue weighted by molar-refractivity contribution is 0.0858. The van der Waals surface area contributed by atoms with E-state index in [4.69, 9.17) is 16.3 Å². The number of thioether (sulfide) groups is 1. The summed E-state index contributed by atoms with van der Waals surface area (Å²) in [6, 6.07) is 0. The van der Waals surface area contributed by atoms with E-state index >= 15 is 0 Å². The van der Waals surface area contributed by atoms with Gasteiger partial charge in [0, 0.05) is 18.0 Å². The van der Waals surface area contributed by atoms with Gasteiger partial charge in [0.15, 0.2) is 10.9 Å². The summed E-state index contributed by atoms with van der Waals surface area (Å²) in [5.74, 6) is 0.180. The van der Waals surface area contributed by atoms with Crippen LogP contribution in [0.4, 0.5) is 5.00 Å². The van der Waals surface area contributed by atoms with Gasteiger partial charge in [-0.2, -0.15) is 0 Å². The van der Waals surface area contributed by atoms with E-state index in [1.165, 1.54) is 29.3 Å². The number of rotatable bonds is 7. The van der Waals surface area contributed by atoms with Crippen LogP contribution in [-0.4, -0.2) is 46.8 Å². The van der Waals surface area contributed by atoms with Crippen LogP contribution in [0.15, 0.2) is 11.4 Å². The topological polar surface area (TPSA) is 93.2 Å². The van der Waals surface area contributed by atoms with Crippen molar-refractivity contribution >= 4 is 51.5 Å². The zero-order valence-electron chi connectivity index (χ0n) is 16.6. The highest BCUT2D eigenvalue weighted by molar-refractivity contribution is 7.99. The third-order valence-electron chi connectivity index (χ3n) is 5.10. The minimum atomic E-state index is -0.437. The molecule has 10 heteroatoms. The molecule has 0 spiro atoms. The van der Waals surface area contributed by atoms with Gasteiger partial charge >= 0.3 is 0 Å². The number of thiophene rings is 1. The zero-order chi connectivity index (χ0) is 21.1. The quantitative estimate of drug-likeness (QED) is 0.474. The lowest BCUT2D eigenvalue weighted by atomic mass is 10.1. The first kappa shape index (κ1) is 21.5. The lowest BCUT2D eigenvalue weighted by Crippen LogP contribution is -2.32. The minimum absolute atomic E-state index is 0.0630. The zero-order valence-corrected chi connectivity index (χ0v) is 19.0. The summed E-state index contributed by atoms with van der Waals surface area (Å²) < 4.78 is 5.60. The molecule has 1 aliphatic heterocycles. The van der Waals surface area contributed by atoms with Crippen molar-refractivity contribution in [3.8, 4) is 0 Å². The Kier molecular flexibility index (Phi) is 6.92. The Morgan fingerprint density at radius 2 is 2.20 bits per heavy atom. The molecule has 1 fully saturated rings. The number of fused-ring (bicyclic) bond motifs is 1.